The Morgan fingerprint density at radius 2 is 1.40 bits per heavy atom. The van der Waals surface area contributed by atoms with Crippen LogP contribution in [-0.2, 0) is 0 Å². The van der Waals surface area contributed by atoms with Gasteiger partial charge in [-0.2, -0.15) is 0 Å². The van der Waals surface area contributed by atoms with E-state index in [-0.39, 0.29) is 5.91 Å². The summed E-state index contributed by atoms with van der Waals surface area (Å²) in [5, 5.41) is 3.80. The van der Waals surface area contributed by atoms with Gasteiger partial charge in [0, 0.05) is 21.3 Å². The summed E-state index contributed by atoms with van der Waals surface area (Å²) in [6, 6.07) is 8.87. The molecule has 0 fully saturated rings. The first-order valence-electron chi connectivity index (χ1n) is 6.22. The summed E-state index contributed by atoms with van der Waals surface area (Å²) in [6.07, 6.45) is 0. The molecule has 0 aliphatic carbocycles. The molecule has 0 saturated carbocycles. The number of anilines is 1. The van der Waals surface area contributed by atoms with Gasteiger partial charge in [-0.15, -0.1) is 0 Å². The highest BCUT2D eigenvalue weighted by molar-refractivity contribution is 6.35. The first-order chi connectivity index (χ1) is 9.36. The Hall–Kier alpha value is -1.51. The van der Waals surface area contributed by atoms with Crippen LogP contribution in [0.15, 0.2) is 30.3 Å². The summed E-state index contributed by atoms with van der Waals surface area (Å²) in [6.45, 7) is 5.94. The zero-order valence-electron chi connectivity index (χ0n) is 11.6. The maximum absolute atomic E-state index is 12.3. The topological polar surface area (TPSA) is 29.1 Å². The maximum atomic E-state index is 12.3. The lowest BCUT2D eigenvalue weighted by Gasteiger charge is -2.11. The number of carbonyl (C=O) groups is 1. The molecule has 2 nitrogen and oxygen atoms in total. The lowest BCUT2D eigenvalue weighted by Crippen LogP contribution is -2.14. The quantitative estimate of drug-likeness (QED) is 0.814. The summed E-state index contributed by atoms with van der Waals surface area (Å²) >= 11 is 11.8. The van der Waals surface area contributed by atoms with Gasteiger partial charge in [0.25, 0.3) is 5.91 Å². The van der Waals surface area contributed by atoms with E-state index < -0.39 is 0 Å². The fourth-order valence-electron chi connectivity index (χ4n) is 2.03. The maximum Gasteiger partial charge on any atom is 0.255 e. The SMILES string of the molecule is Cc1cc(C)c(C(=O)Nc2cc(Cl)cc(Cl)c2)cc1C. The molecule has 2 aromatic rings. The smallest absolute Gasteiger partial charge is 0.255 e. The number of benzene rings is 2. The minimum Gasteiger partial charge on any atom is -0.322 e. The van der Waals surface area contributed by atoms with E-state index in [1.54, 1.807) is 18.2 Å². The standard InChI is InChI=1S/C16H15Cl2NO/c1-9-4-11(3)15(5-10(9)2)16(20)19-14-7-12(17)6-13(18)8-14/h4-8H,1-3H3,(H,19,20). The predicted octanol–water partition coefficient (Wildman–Crippen LogP) is 5.17. The van der Waals surface area contributed by atoms with Gasteiger partial charge in [-0.25, -0.2) is 0 Å². The van der Waals surface area contributed by atoms with Crippen molar-refractivity contribution >= 4 is 34.8 Å². The first-order valence-corrected chi connectivity index (χ1v) is 6.97. The molecule has 0 radical (unpaired) electrons. The zero-order valence-corrected chi connectivity index (χ0v) is 13.1. The molecule has 0 aromatic heterocycles. The van der Waals surface area contributed by atoms with Gasteiger partial charge in [0.15, 0.2) is 0 Å². The second kappa shape index (κ2) is 5.86. The Morgan fingerprint density at radius 3 is 2.00 bits per heavy atom. The van der Waals surface area contributed by atoms with E-state index in [2.05, 4.69) is 5.32 Å². The number of halogens is 2. The molecule has 0 spiro atoms. The van der Waals surface area contributed by atoms with Crippen molar-refractivity contribution in [3.8, 4) is 0 Å². The van der Waals surface area contributed by atoms with Crippen LogP contribution in [0.25, 0.3) is 0 Å². The second-order valence-electron chi connectivity index (χ2n) is 4.86. The Kier molecular flexibility index (Phi) is 4.36. The number of hydrogen-bond donors (Lipinski definition) is 1. The average Bonchev–Trinajstić information content (AvgIpc) is 2.32. The number of nitrogens with one attached hydrogen (secondary N) is 1. The third-order valence-corrected chi connectivity index (χ3v) is 3.64. The van der Waals surface area contributed by atoms with Crippen LogP contribution in [0.1, 0.15) is 27.0 Å². The van der Waals surface area contributed by atoms with Crippen LogP contribution in [0.3, 0.4) is 0 Å². The van der Waals surface area contributed by atoms with Crippen molar-refractivity contribution in [2.24, 2.45) is 0 Å². The Morgan fingerprint density at radius 1 is 0.850 bits per heavy atom. The van der Waals surface area contributed by atoms with Crippen LogP contribution in [0.5, 0.6) is 0 Å². The fourth-order valence-corrected chi connectivity index (χ4v) is 2.56. The second-order valence-corrected chi connectivity index (χ2v) is 5.74. The average molecular weight is 308 g/mol. The molecule has 0 saturated heterocycles. The molecule has 104 valence electrons. The van der Waals surface area contributed by atoms with E-state index in [9.17, 15) is 4.79 Å². The van der Waals surface area contributed by atoms with Crippen LogP contribution in [0.2, 0.25) is 10.0 Å². The Labute approximate surface area is 128 Å². The van der Waals surface area contributed by atoms with Crippen molar-refractivity contribution in [1.82, 2.24) is 0 Å². The van der Waals surface area contributed by atoms with Crippen LogP contribution >= 0.6 is 23.2 Å². The normalized spacial score (nSPS) is 10.4. The molecule has 4 heteroatoms. The van der Waals surface area contributed by atoms with E-state index in [0.29, 0.717) is 21.3 Å². The van der Waals surface area contributed by atoms with E-state index in [1.165, 1.54) is 5.56 Å². The molecule has 0 aliphatic rings. The van der Waals surface area contributed by atoms with Gasteiger partial charge in [-0.1, -0.05) is 29.3 Å². The van der Waals surface area contributed by atoms with Gasteiger partial charge in [0.2, 0.25) is 0 Å². The zero-order chi connectivity index (χ0) is 14.9. The molecule has 20 heavy (non-hydrogen) atoms. The van der Waals surface area contributed by atoms with E-state index in [0.717, 1.165) is 11.1 Å². The third kappa shape index (κ3) is 3.33. The molecular formula is C16H15Cl2NO. The van der Waals surface area contributed by atoms with Crippen molar-refractivity contribution in [3.63, 3.8) is 0 Å². The largest absolute Gasteiger partial charge is 0.322 e. The van der Waals surface area contributed by atoms with Crippen LogP contribution in [-0.4, -0.2) is 5.91 Å². The highest BCUT2D eigenvalue weighted by Gasteiger charge is 2.11. The third-order valence-electron chi connectivity index (χ3n) is 3.21. The number of hydrogen-bond acceptors (Lipinski definition) is 1. The molecule has 0 bridgehead atoms. The molecule has 0 heterocycles. The van der Waals surface area contributed by atoms with Crippen molar-refractivity contribution in [2.45, 2.75) is 20.8 Å². The molecular weight excluding hydrogens is 293 g/mol. The van der Waals surface area contributed by atoms with Crippen molar-refractivity contribution < 1.29 is 4.79 Å². The molecule has 0 aliphatic heterocycles. The summed E-state index contributed by atoms with van der Waals surface area (Å²) in [4.78, 5) is 12.3. The molecule has 1 amide bonds. The lowest BCUT2D eigenvalue weighted by atomic mass is 10.0. The van der Waals surface area contributed by atoms with E-state index in [1.807, 2.05) is 32.9 Å². The van der Waals surface area contributed by atoms with Crippen LogP contribution < -0.4 is 5.32 Å². The predicted molar refractivity (Wildman–Crippen MR) is 85.1 cm³/mol. The van der Waals surface area contributed by atoms with E-state index >= 15 is 0 Å². The molecule has 0 atom stereocenters. The van der Waals surface area contributed by atoms with Gasteiger partial charge < -0.3 is 5.32 Å². The lowest BCUT2D eigenvalue weighted by molar-refractivity contribution is 0.102. The van der Waals surface area contributed by atoms with Crippen LogP contribution in [0, 0.1) is 20.8 Å². The fraction of sp³-hybridized carbons (Fsp3) is 0.188. The number of aryl methyl sites for hydroxylation is 3. The van der Waals surface area contributed by atoms with Gasteiger partial charge in [-0.05, 0) is 61.7 Å². The van der Waals surface area contributed by atoms with E-state index in [4.69, 9.17) is 23.2 Å². The molecule has 2 aromatic carbocycles. The highest BCUT2D eigenvalue weighted by Crippen LogP contribution is 2.23. The Bertz CT molecular complexity index is 660. The summed E-state index contributed by atoms with van der Waals surface area (Å²) in [7, 11) is 0. The van der Waals surface area contributed by atoms with Crippen molar-refractivity contribution in [2.75, 3.05) is 5.32 Å². The number of carbonyl (C=O) groups excluding carboxylic acids is 1. The molecule has 2 rings (SSSR count). The molecule has 0 unspecified atom stereocenters. The number of rotatable bonds is 2. The monoisotopic (exact) mass is 307 g/mol. The van der Waals surface area contributed by atoms with Gasteiger partial charge in [-0.3, -0.25) is 4.79 Å². The minimum atomic E-state index is -0.163. The first kappa shape index (κ1) is 14.9. The summed E-state index contributed by atoms with van der Waals surface area (Å²) < 4.78 is 0. The molecule has 1 N–H and O–H groups in total. The van der Waals surface area contributed by atoms with Gasteiger partial charge >= 0.3 is 0 Å². The van der Waals surface area contributed by atoms with Crippen molar-refractivity contribution in [3.05, 3.63) is 62.6 Å². The highest BCUT2D eigenvalue weighted by atomic mass is 35.5. The minimum absolute atomic E-state index is 0.163. The Balaban J connectivity index is 2.30. The number of amides is 1. The summed E-state index contributed by atoms with van der Waals surface area (Å²) in [5.41, 5.74) is 4.45. The van der Waals surface area contributed by atoms with Gasteiger partial charge in [0.05, 0.1) is 0 Å². The summed E-state index contributed by atoms with van der Waals surface area (Å²) in [5.74, 6) is -0.163. The van der Waals surface area contributed by atoms with Crippen molar-refractivity contribution in [1.29, 1.82) is 0 Å². The van der Waals surface area contributed by atoms with Crippen LogP contribution in [0.4, 0.5) is 5.69 Å². The van der Waals surface area contributed by atoms with Gasteiger partial charge in [0.1, 0.15) is 0 Å².